The number of ether oxygens (including phenoxy) is 1. The number of rotatable bonds is 4. The number of aromatic nitrogens is 1. The van der Waals surface area contributed by atoms with Crippen LogP contribution in [0.4, 0.5) is 11.4 Å². The molecule has 5 nitrogen and oxygen atoms in total. The second-order valence-electron chi connectivity index (χ2n) is 5.18. The van der Waals surface area contributed by atoms with E-state index in [-0.39, 0.29) is 5.56 Å². The molecule has 0 radical (unpaired) electrons. The molecule has 116 valence electrons. The summed E-state index contributed by atoms with van der Waals surface area (Å²) in [5, 5.41) is 13.2. The van der Waals surface area contributed by atoms with Crippen LogP contribution in [0.15, 0.2) is 48.5 Å². The van der Waals surface area contributed by atoms with Crippen molar-refractivity contribution in [1.82, 2.24) is 4.98 Å². The Balaban J connectivity index is 2.04. The molecule has 1 aromatic heterocycles. The third kappa shape index (κ3) is 2.94. The highest BCUT2D eigenvalue weighted by atomic mass is 16.5. The van der Waals surface area contributed by atoms with Crippen LogP contribution in [0, 0.1) is 6.92 Å². The van der Waals surface area contributed by atoms with E-state index in [0.717, 1.165) is 33.7 Å². The smallest absolute Gasteiger partial charge is 0.335 e. The summed E-state index contributed by atoms with van der Waals surface area (Å²) in [6.45, 7) is 1.92. The van der Waals surface area contributed by atoms with Crippen LogP contribution in [-0.2, 0) is 0 Å². The molecular weight excluding hydrogens is 292 g/mol. The number of carboxylic acids is 1. The first-order chi connectivity index (χ1) is 11.1. The maximum absolute atomic E-state index is 10.9. The largest absolute Gasteiger partial charge is 0.494 e. The Bertz CT molecular complexity index is 873. The quantitative estimate of drug-likeness (QED) is 0.762. The molecule has 1 heterocycles. The van der Waals surface area contributed by atoms with Gasteiger partial charge in [0.25, 0.3) is 0 Å². The second-order valence-corrected chi connectivity index (χ2v) is 5.18. The molecular formula is C18H16N2O3. The molecule has 0 aliphatic carbocycles. The molecule has 23 heavy (non-hydrogen) atoms. The van der Waals surface area contributed by atoms with E-state index in [1.165, 1.54) is 0 Å². The van der Waals surface area contributed by atoms with Crippen LogP contribution in [0.3, 0.4) is 0 Å². The number of para-hydroxylation sites is 1. The SMILES string of the molecule is COc1cccc2c(Nc3ccc(C(=O)O)cc3)cc(C)nc12. The van der Waals surface area contributed by atoms with Crippen LogP contribution in [0.5, 0.6) is 5.75 Å². The lowest BCUT2D eigenvalue weighted by Gasteiger charge is -2.13. The number of aryl methyl sites for hydroxylation is 1. The van der Waals surface area contributed by atoms with Crippen LogP contribution in [0.2, 0.25) is 0 Å². The molecule has 0 saturated heterocycles. The maximum atomic E-state index is 10.9. The first kappa shape index (κ1) is 14.8. The second kappa shape index (κ2) is 5.96. The third-order valence-electron chi connectivity index (χ3n) is 3.56. The van der Waals surface area contributed by atoms with Gasteiger partial charge in [0.2, 0.25) is 0 Å². The Morgan fingerprint density at radius 2 is 1.91 bits per heavy atom. The number of carbonyl (C=O) groups is 1. The van der Waals surface area contributed by atoms with Crippen LogP contribution in [0.1, 0.15) is 16.1 Å². The fourth-order valence-corrected chi connectivity index (χ4v) is 2.47. The predicted octanol–water partition coefficient (Wildman–Crippen LogP) is 3.99. The van der Waals surface area contributed by atoms with E-state index < -0.39 is 5.97 Å². The van der Waals surface area contributed by atoms with Crippen molar-refractivity contribution in [3.05, 3.63) is 59.8 Å². The minimum absolute atomic E-state index is 0.257. The number of carboxylic acid groups (broad SMARTS) is 1. The summed E-state index contributed by atoms with van der Waals surface area (Å²) in [6.07, 6.45) is 0. The molecule has 0 atom stereocenters. The molecule has 3 rings (SSSR count). The highest BCUT2D eigenvalue weighted by Gasteiger charge is 2.09. The van der Waals surface area contributed by atoms with Crippen molar-refractivity contribution in [2.24, 2.45) is 0 Å². The fraction of sp³-hybridized carbons (Fsp3) is 0.111. The minimum atomic E-state index is -0.938. The van der Waals surface area contributed by atoms with Crippen molar-refractivity contribution in [1.29, 1.82) is 0 Å². The van der Waals surface area contributed by atoms with Crippen LogP contribution >= 0.6 is 0 Å². The van der Waals surface area contributed by atoms with Crippen molar-refractivity contribution in [3.8, 4) is 5.75 Å². The number of anilines is 2. The lowest BCUT2D eigenvalue weighted by atomic mass is 10.1. The van der Waals surface area contributed by atoms with Crippen LogP contribution < -0.4 is 10.1 Å². The van der Waals surface area contributed by atoms with E-state index >= 15 is 0 Å². The summed E-state index contributed by atoms with van der Waals surface area (Å²) < 4.78 is 5.37. The number of aromatic carboxylic acids is 1. The Hall–Kier alpha value is -3.08. The molecule has 0 aliphatic rings. The monoisotopic (exact) mass is 308 g/mol. The molecule has 0 amide bonds. The molecule has 5 heteroatoms. The molecule has 0 fully saturated rings. The summed E-state index contributed by atoms with van der Waals surface area (Å²) in [7, 11) is 1.62. The van der Waals surface area contributed by atoms with Crippen LogP contribution in [0.25, 0.3) is 10.9 Å². The van der Waals surface area contributed by atoms with Crippen molar-refractivity contribution in [3.63, 3.8) is 0 Å². The fourth-order valence-electron chi connectivity index (χ4n) is 2.47. The molecule has 2 N–H and O–H groups in total. The van der Waals surface area contributed by atoms with Gasteiger partial charge in [-0.05, 0) is 43.3 Å². The van der Waals surface area contributed by atoms with E-state index in [1.54, 1.807) is 31.4 Å². The van der Waals surface area contributed by atoms with E-state index in [1.807, 2.05) is 31.2 Å². The van der Waals surface area contributed by atoms with Gasteiger partial charge >= 0.3 is 5.97 Å². The predicted molar refractivity (Wildman–Crippen MR) is 89.7 cm³/mol. The normalized spacial score (nSPS) is 10.5. The van der Waals surface area contributed by atoms with Crippen LogP contribution in [-0.4, -0.2) is 23.2 Å². The Morgan fingerprint density at radius 1 is 1.17 bits per heavy atom. The maximum Gasteiger partial charge on any atom is 0.335 e. The van der Waals surface area contributed by atoms with Crippen molar-refractivity contribution >= 4 is 28.2 Å². The van der Waals surface area contributed by atoms with Crippen molar-refractivity contribution in [2.45, 2.75) is 6.92 Å². The van der Waals surface area contributed by atoms with Gasteiger partial charge in [-0.1, -0.05) is 12.1 Å². The number of methoxy groups -OCH3 is 1. The minimum Gasteiger partial charge on any atom is -0.494 e. The number of pyridine rings is 1. The van der Waals surface area contributed by atoms with Gasteiger partial charge in [0, 0.05) is 22.5 Å². The van der Waals surface area contributed by atoms with Gasteiger partial charge in [0.05, 0.1) is 12.7 Å². The first-order valence-corrected chi connectivity index (χ1v) is 7.13. The van der Waals surface area contributed by atoms with Gasteiger partial charge in [-0.2, -0.15) is 0 Å². The average molecular weight is 308 g/mol. The third-order valence-corrected chi connectivity index (χ3v) is 3.56. The number of fused-ring (bicyclic) bond motifs is 1. The summed E-state index contributed by atoms with van der Waals surface area (Å²) in [6, 6.07) is 14.3. The zero-order valence-corrected chi connectivity index (χ0v) is 12.8. The Labute approximate surface area is 133 Å². The molecule has 0 unspecified atom stereocenters. The van der Waals surface area contributed by atoms with Gasteiger partial charge in [0.1, 0.15) is 11.3 Å². The molecule has 3 aromatic rings. The van der Waals surface area contributed by atoms with Gasteiger partial charge in [0.15, 0.2) is 0 Å². The van der Waals surface area contributed by atoms with Crippen molar-refractivity contribution < 1.29 is 14.6 Å². The summed E-state index contributed by atoms with van der Waals surface area (Å²) in [5.74, 6) is -0.220. The summed E-state index contributed by atoms with van der Waals surface area (Å²) >= 11 is 0. The number of nitrogens with zero attached hydrogens (tertiary/aromatic N) is 1. The van der Waals surface area contributed by atoms with Gasteiger partial charge in [-0.15, -0.1) is 0 Å². The molecule has 0 aliphatic heterocycles. The van der Waals surface area contributed by atoms with Gasteiger partial charge < -0.3 is 15.2 Å². The zero-order valence-electron chi connectivity index (χ0n) is 12.8. The summed E-state index contributed by atoms with van der Waals surface area (Å²) in [5.41, 5.74) is 3.62. The van der Waals surface area contributed by atoms with E-state index in [9.17, 15) is 4.79 Å². The topological polar surface area (TPSA) is 71.5 Å². The Kier molecular flexibility index (Phi) is 3.85. The standard InChI is InChI=1S/C18H16N2O3/c1-11-10-15(14-4-3-5-16(23-2)17(14)19-11)20-13-8-6-12(7-9-13)18(21)22/h3-10H,1-2H3,(H,19,20)(H,21,22). The highest BCUT2D eigenvalue weighted by Crippen LogP contribution is 2.31. The molecule has 0 spiro atoms. The zero-order chi connectivity index (χ0) is 16.4. The Morgan fingerprint density at radius 3 is 2.57 bits per heavy atom. The number of benzene rings is 2. The molecule has 0 bridgehead atoms. The lowest BCUT2D eigenvalue weighted by molar-refractivity contribution is 0.0697. The average Bonchev–Trinajstić information content (AvgIpc) is 2.54. The van der Waals surface area contributed by atoms with Gasteiger partial charge in [-0.25, -0.2) is 9.78 Å². The lowest BCUT2D eigenvalue weighted by Crippen LogP contribution is -1.98. The van der Waals surface area contributed by atoms with E-state index in [4.69, 9.17) is 9.84 Å². The van der Waals surface area contributed by atoms with Crippen molar-refractivity contribution in [2.75, 3.05) is 12.4 Å². The molecule has 2 aromatic carbocycles. The van der Waals surface area contributed by atoms with E-state index in [2.05, 4.69) is 10.3 Å². The van der Waals surface area contributed by atoms with Gasteiger partial charge in [-0.3, -0.25) is 0 Å². The van der Waals surface area contributed by atoms with E-state index in [0.29, 0.717) is 0 Å². The number of hydrogen-bond donors (Lipinski definition) is 2. The highest BCUT2D eigenvalue weighted by molar-refractivity contribution is 5.96. The number of nitrogens with one attached hydrogen (secondary N) is 1. The summed E-state index contributed by atoms with van der Waals surface area (Å²) in [4.78, 5) is 15.5. The molecule has 0 saturated carbocycles. The number of hydrogen-bond acceptors (Lipinski definition) is 4. The first-order valence-electron chi connectivity index (χ1n) is 7.13.